The van der Waals surface area contributed by atoms with Crippen molar-refractivity contribution in [3.05, 3.63) is 431 Å². The average molecular weight is 1670 g/mol. The molecule has 0 N–H and O–H groups in total. The predicted octanol–water partition coefficient (Wildman–Crippen LogP) is 35.2. The van der Waals surface area contributed by atoms with E-state index in [0.29, 0.717) is 0 Å². The van der Waals surface area contributed by atoms with Crippen LogP contribution in [0.5, 0.6) is 0 Å². The van der Waals surface area contributed by atoms with Crippen LogP contribution in [0.25, 0.3) is 302 Å². The first-order valence-electron chi connectivity index (χ1n) is 45.5. The average Bonchev–Trinajstić information content (AvgIpc) is 1.53. The number of nitrogens with zero attached hydrogens (tertiary/aromatic N) is 3. The molecule has 608 valence electrons. The highest BCUT2D eigenvalue weighted by Gasteiger charge is 2.31. The molecule has 0 bridgehead atoms. The molecule has 0 amide bonds. The lowest BCUT2D eigenvalue weighted by Crippen LogP contribution is -1.96. The molecule has 6 aromatic heterocycles. The van der Waals surface area contributed by atoms with Gasteiger partial charge < -0.3 is 27.0 Å². The van der Waals surface area contributed by atoms with E-state index in [1.54, 1.807) is 0 Å². The molecule has 0 spiro atoms. The van der Waals surface area contributed by atoms with Crippen LogP contribution in [-0.4, -0.2) is 13.7 Å². The second-order valence-corrected chi connectivity index (χ2v) is 35.7. The van der Waals surface area contributed by atoms with Crippen molar-refractivity contribution in [3.8, 4) is 106 Å². The molecular formula is C126H71N3O3. The molecule has 29 aromatic rings. The summed E-state index contributed by atoms with van der Waals surface area (Å²) in [5.74, 6) is 0. The zero-order valence-corrected chi connectivity index (χ0v) is 71.1. The topological polar surface area (TPSA) is 54.2 Å². The molecule has 0 atom stereocenters. The van der Waals surface area contributed by atoms with E-state index in [-0.39, 0.29) is 0 Å². The molecule has 6 nitrogen and oxygen atoms in total. The Labute approximate surface area is 754 Å². The van der Waals surface area contributed by atoms with E-state index in [9.17, 15) is 0 Å². The molecule has 23 aromatic carbocycles. The maximum absolute atomic E-state index is 6.69. The third kappa shape index (κ3) is 9.85. The van der Waals surface area contributed by atoms with Crippen LogP contribution >= 0.6 is 0 Å². The van der Waals surface area contributed by atoms with Gasteiger partial charge in [0.15, 0.2) is 16.7 Å². The second kappa shape index (κ2) is 27.0. The maximum atomic E-state index is 6.69. The van der Waals surface area contributed by atoms with Gasteiger partial charge in [-0.3, -0.25) is 0 Å². The van der Waals surface area contributed by atoms with E-state index in [1.807, 2.05) is 18.2 Å². The fourth-order valence-corrected chi connectivity index (χ4v) is 23.6. The lowest BCUT2D eigenvalue weighted by molar-refractivity contribution is 0.670. The summed E-state index contributed by atoms with van der Waals surface area (Å²) in [6.45, 7) is 0. The van der Waals surface area contributed by atoms with Crippen molar-refractivity contribution in [1.82, 2.24) is 13.7 Å². The van der Waals surface area contributed by atoms with E-state index in [0.717, 1.165) is 93.7 Å². The lowest BCUT2D eigenvalue weighted by atomic mass is 9.94. The third-order valence-electron chi connectivity index (χ3n) is 29.2. The van der Waals surface area contributed by atoms with Crippen molar-refractivity contribution >= 4 is 196 Å². The molecule has 6 heteroatoms. The number of furan rings is 3. The summed E-state index contributed by atoms with van der Waals surface area (Å²) in [4.78, 5) is 0. The summed E-state index contributed by atoms with van der Waals surface area (Å²) in [7, 11) is 0. The van der Waals surface area contributed by atoms with Gasteiger partial charge in [-0.25, -0.2) is 0 Å². The Morgan fingerprint density at radius 2 is 0.455 bits per heavy atom. The van der Waals surface area contributed by atoms with Gasteiger partial charge in [-0.2, -0.15) is 0 Å². The zero-order chi connectivity index (χ0) is 85.8. The van der Waals surface area contributed by atoms with Crippen LogP contribution in [0.1, 0.15) is 0 Å². The summed E-state index contributed by atoms with van der Waals surface area (Å²) in [6, 6.07) is 157. The van der Waals surface area contributed by atoms with E-state index < -0.39 is 0 Å². The molecule has 6 heterocycles. The monoisotopic (exact) mass is 1670 g/mol. The van der Waals surface area contributed by atoms with Gasteiger partial charge in [0.05, 0.1) is 38.8 Å². The number of hydrogen-bond donors (Lipinski definition) is 0. The molecule has 0 unspecified atom stereocenters. The van der Waals surface area contributed by atoms with Crippen LogP contribution in [-0.2, 0) is 0 Å². The van der Waals surface area contributed by atoms with Crippen LogP contribution in [0.15, 0.2) is 444 Å². The van der Waals surface area contributed by atoms with Crippen LogP contribution in [0.3, 0.4) is 0 Å². The molecule has 0 radical (unpaired) electrons. The van der Waals surface area contributed by atoms with Gasteiger partial charge in [0, 0.05) is 81.4 Å². The Morgan fingerprint density at radius 1 is 0.152 bits per heavy atom. The van der Waals surface area contributed by atoms with Crippen LogP contribution in [0, 0.1) is 0 Å². The SMILES string of the molecule is c1cc(-c2ccc3c4c(cccc24)-c2ccccc2-3)cc(-n2c3ccc4ccccc4c3c3ccc4c5ccccc5oc4c32)c1.c1ccc2c(c1)-c1cccc3c(-c4ccc(-n5c6ccc7ccccc7c6c6ccc7c8ccccc8oc7c65)cc4)ccc-2c13.c1ccc2c(c1)-c1cccc3c(-n4c5ccc6ccccc6c5c5ccc6c7ccccc7oc6c54)ccc-2c13. The molecule has 0 saturated heterocycles. The highest BCUT2D eigenvalue weighted by atomic mass is 16.3. The summed E-state index contributed by atoms with van der Waals surface area (Å²) in [6.07, 6.45) is 0. The summed E-state index contributed by atoms with van der Waals surface area (Å²) < 4.78 is 27.3. The van der Waals surface area contributed by atoms with Gasteiger partial charge in [-0.05, 0) is 233 Å². The minimum atomic E-state index is 0.911. The molecule has 32 rings (SSSR count). The van der Waals surface area contributed by atoms with E-state index >= 15 is 0 Å². The Balaban J connectivity index is 0.0000000953. The molecule has 0 saturated carbocycles. The van der Waals surface area contributed by atoms with Gasteiger partial charge in [0.25, 0.3) is 0 Å². The van der Waals surface area contributed by atoms with Crippen molar-refractivity contribution in [3.63, 3.8) is 0 Å². The second-order valence-electron chi connectivity index (χ2n) is 35.7. The maximum Gasteiger partial charge on any atom is 0.160 e. The predicted molar refractivity (Wildman–Crippen MR) is 553 cm³/mol. The molecular weight excluding hydrogens is 1600 g/mol. The Kier molecular flexibility index (Phi) is 14.6. The summed E-state index contributed by atoms with van der Waals surface area (Å²) >= 11 is 0. The first kappa shape index (κ1) is 71.6. The van der Waals surface area contributed by atoms with Crippen LogP contribution < -0.4 is 0 Å². The molecule has 3 aliphatic rings. The summed E-state index contributed by atoms with van der Waals surface area (Å²) in [5.41, 5.74) is 36.6. The largest absolute Gasteiger partial charge is 0.454 e. The van der Waals surface area contributed by atoms with Crippen molar-refractivity contribution in [2.75, 3.05) is 0 Å². The quantitative estimate of drug-likeness (QED) is 0.173. The van der Waals surface area contributed by atoms with E-state index in [2.05, 4.69) is 426 Å². The number of rotatable bonds is 5. The van der Waals surface area contributed by atoms with Gasteiger partial charge in [-0.15, -0.1) is 0 Å². The Morgan fingerprint density at radius 3 is 0.886 bits per heavy atom. The molecule has 132 heavy (non-hydrogen) atoms. The number of benzene rings is 23. The molecule has 3 aliphatic carbocycles. The van der Waals surface area contributed by atoms with E-state index in [4.69, 9.17) is 13.3 Å². The highest BCUT2D eigenvalue weighted by Crippen LogP contribution is 2.56. The first-order valence-corrected chi connectivity index (χ1v) is 45.5. The first-order chi connectivity index (χ1) is 65.5. The normalized spacial score (nSPS) is 12.4. The number of fused-ring (bicyclic) bond motifs is 36. The Hall–Kier alpha value is -17.6. The van der Waals surface area contributed by atoms with Gasteiger partial charge in [0.1, 0.15) is 16.7 Å². The Bertz CT molecular complexity index is 10100. The summed E-state index contributed by atoms with van der Waals surface area (Å²) in [5, 5.41) is 29.6. The zero-order valence-electron chi connectivity index (χ0n) is 71.1. The highest BCUT2D eigenvalue weighted by molar-refractivity contribution is 6.32. The van der Waals surface area contributed by atoms with Gasteiger partial charge >= 0.3 is 0 Å². The van der Waals surface area contributed by atoms with Crippen molar-refractivity contribution in [2.24, 2.45) is 0 Å². The smallest absolute Gasteiger partial charge is 0.160 e. The van der Waals surface area contributed by atoms with Gasteiger partial charge in [-0.1, -0.05) is 346 Å². The number of aromatic nitrogens is 3. The van der Waals surface area contributed by atoms with Crippen molar-refractivity contribution in [2.45, 2.75) is 0 Å². The van der Waals surface area contributed by atoms with Crippen LogP contribution in [0.4, 0.5) is 0 Å². The third-order valence-corrected chi connectivity index (χ3v) is 29.2. The molecule has 0 fully saturated rings. The van der Waals surface area contributed by atoms with Crippen molar-refractivity contribution in [1.29, 1.82) is 0 Å². The standard InChI is InChI=1S/2C44H25NO.C38H21NO/c1-2-12-30-26(9-1)19-24-39-42(30)38-23-22-37-33-15-5-6-18-40(33)46-44(37)43(38)45(39)28-11-7-10-27(25-28)29-20-21-36-32-14-4-3-13-31(32)35-17-8-16-34(29)41(35)36;1-2-9-30-26(8-1)18-25-39-42(30)38-24-23-37-33-12-5-6-15-40(33)46-44(37)43(38)45(39)28-19-16-27(17-20-28)29-21-22-36-32-11-4-3-10-31(32)35-14-7-13-34(29)41(35)36;1-2-9-23-22(8-1)16-20-33-36(23)31-18-17-29-26-12-5-6-15-34(26)40-38(29)37(31)39(33)32-21-19-28-25-11-4-3-10-24(25)27-13-7-14-30(32)35(27)28/h2*1-25H;1-21H. The minimum Gasteiger partial charge on any atom is -0.454 e. The number of para-hydroxylation sites is 3. The van der Waals surface area contributed by atoms with Crippen molar-refractivity contribution < 1.29 is 13.3 Å². The molecule has 0 aliphatic heterocycles. The minimum absolute atomic E-state index is 0.911. The van der Waals surface area contributed by atoms with E-state index in [1.165, 1.54) is 208 Å². The fraction of sp³-hybridized carbons (Fsp3) is 0. The number of hydrogen-bond acceptors (Lipinski definition) is 3. The lowest BCUT2D eigenvalue weighted by Gasteiger charge is -2.13. The van der Waals surface area contributed by atoms with Gasteiger partial charge in [0.2, 0.25) is 0 Å². The fourth-order valence-electron chi connectivity index (χ4n) is 23.6. The van der Waals surface area contributed by atoms with Crippen LogP contribution in [0.2, 0.25) is 0 Å².